The molecule has 2 aliphatic heterocycles. The van der Waals surface area contributed by atoms with E-state index in [1.165, 1.54) is 49.8 Å². The number of benzene rings is 3. The lowest BCUT2D eigenvalue weighted by molar-refractivity contribution is -0.163. The highest BCUT2D eigenvalue weighted by Crippen LogP contribution is 2.27. The lowest BCUT2D eigenvalue weighted by Crippen LogP contribution is -2.61. The number of hydrogen-bond donors (Lipinski definition) is 6. The van der Waals surface area contributed by atoms with Gasteiger partial charge in [0.1, 0.15) is 42.1 Å². The van der Waals surface area contributed by atoms with Crippen LogP contribution in [0.3, 0.4) is 0 Å². The molecule has 2 heterocycles. The Morgan fingerprint density at radius 1 is 0.727 bits per heavy atom. The monoisotopic (exact) mass is 1380 g/mol. The maximum Gasteiger partial charge on any atom is 0.329 e. The number of nitrogens with zero attached hydrogens (tertiary/aromatic N) is 3. The molecule has 0 aliphatic carbocycles. The van der Waals surface area contributed by atoms with E-state index in [-0.39, 0.29) is 74.0 Å². The summed E-state index contributed by atoms with van der Waals surface area (Å²) in [4.78, 5) is 173. The van der Waals surface area contributed by atoms with Gasteiger partial charge in [-0.25, -0.2) is 4.79 Å². The molecule has 0 spiro atoms. The average Bonchev–Trinajstić information content (AvgIpc) is 1.20. The van der Waals surface area contributed by atoms with E-state index >= 15 is 9.59 Å². The number of ketones is 2. The molecule has 8 amide bonds. The maximum atomic E-state index is 15.1. The first-order chi connectivity index (χ1) is 47.0. The SMILES string of the molecule is CC[C@H](C)[C@H]1NC(=O)[C@@H](NC(=O)[C@@H](CC(C)C)N(C)C(=O)CCCCCNC(=O)CCCCCNC(=O)c2ccc(C(=O)c3ccccc3)cc2)[C@@H](C)OC(=O)[C@H](Cc2ccc(OC)cc2)N(C)C(=O)C2CCCN2C(=O)[C@H](CC(C)C)NC(=O)[C@@H](C)C(=O)[C@H](C(C)C)OC(=O)C[C@@H]1O. The zero-order chi connectivity index (χ0) is 73.2. The molecule has 24 heteroatoms. The van der Waals surface area contributed by atoms with Crippen molar-refractivity contribution in [2.75, 3.05) is 40.8 Å². The number of cyclic esters (lactones) is 2. The van der Waals surface area contributed by atoms with E-state index in [1.54, 1.807) is 100 Å². The summed E-state index contributed by atoms with van der Waals surface area (Å²) in [6, 6.07) is 14.4. The van der Waals surface area contributed by atoms with Gasteiger partial charge in [0.05, 0.1) is 31.6 Å². The molecule has 11 atom stereocenters. The van der Waals surface area contributed by atoms with Crippen molar-refractivity contribution in [2.45, 2.75) is 220 Å². The maximum absolute atomic E-state index is 15.1. The Balaban J connectivity index is 1.31. The second-order valence-corrected chi connectivity index (χ2v) is 27.6. The van der Waals surface area contributed by atoms with Crippen LogP contribution in [0.15, 0.2) is 78.9 Å². The lowest BCUT2D eigenvalue weighted by Gasteiger charge is -2.36. The predicted molar refractivity (Wildman–Crippen MR) is 372 cm³/mol. The van der Waals surface area contributed by atoms with Gasteiger partial charge in [-0.2, -0.15) is 0 Å². The minimum absolute atomic E-state index is 0.0458. The highest BCUT2D eigenvalue weighted by atomic mass is 16.6. The highest BCUT2D eigenvalue weighted by molar-refractivity contribution is 6.09. The van der Waals surface area contributed by atoms with Crippen molar-refractivity contribution in [3.05, 3.63) is 101 Å². The Morgan fingerprint density at radius 2 is 1.34 bits per heavy atom. The molecular formula is C75H108N8O16. The Bertz CT molecular complexity index is 3210. The molecule has 2 saturated heterocycles. The number of Topliss-reactive ketones (excluding diaryl/α,β-unsaturated/α-hetero) is 1. The van der Waals surface area contributed by atoms with Crippen molar-refractivity contribution < 1.29 is 76.9 Å². The largest absolute Gasteiger partial charge is 0.497 e. The van der Waals surface area contributed by atoms with Crippen LogP contribution in [0.2, 0.25) is 0 Å². The summed E-state index contributed by atoms with van der Waals surface area (Å²) < 4.78 is 17.3. The van der Waals surface area contributed by atoms with Crippen LogP contribution in [0.5, 0.6) is 5.75 Å². The van der Waals surface area contributed by atoms with E-state index in [9.17, 15) is 53.1 Å². The third-order valence-electron chi connectivity index (χ3n) is 18.5. The minimum atomic E-state index is -1.73. The fourth-order valence-electron chi connectivity index (χ4n) is 12.3. The molecule has 5 rings (SSSR count). The smallest absolute Gasteiger partial charge is 0.329 e. The third kappa shape index (κ3) is 24.4. The van der Waals surface area contributed by atoms with Gasteiger partial charge >= 0.3 is 11.9 Å². The summed E-state index contributed by atoms with van der Waals surface area (Å²) in [5.74, 6) is -9.76. The van der Waals surface area contributed by atoms with Gasteiger partial charge in [-0.1, -0.05) is 129 Å². The number of nitrogens with one attached hydrogen (secondary N) is 5. The van der Waals surface area contributed by atoms with E-state index in [1.807, 2.05) is 33.8 Å². The van der Waals surface area contributed by atoms with Crippen LogP contribution >= 0.6 is 0 Å². The molecule has 0 aromatic heterocycles. The number of ether oxygens (including phenoxy) is 3. The zero-order valence-electron chi connectivity index (χ0n) is 60.2. The van der Waals surface area contributed by atoms with Crippen LogP contribution in [0.1, 0.15) is 191 Å². The first kappa shape index (κ1) is 81.1. The third-order valence-corrected chi connectivity index (χ3v) is 18.5. The van der Waals surface area contributed by atoms with Gasteiger partial charge in [0.2, 0.25) is 41.4 Å². The number of carbonyl (C=O) groups is 12. The normalized spacial score (nSPS) is 22.4. The molecule has 0 radical (unpaired) electrons. The molecule has 544 valence electrons. The van der Waals surface area contributed by atoms with Crippen molar-refractivity contribution in [3.8, 4) is 5.75 Å². The van der Waals surface area contributed by atoms with E-state index in [0.717, 1.165) is 0 Å². The minimum Gasteiger partial charge on any atom is -0.497 e. The summed E-state index contributed by atoms with van der Waals surface area (Å²) in [7, 11) is 4.39. The molecule has 2 fully saturated rings. The number of unbranched alkanes of at least 4 members (excludes halogenated alkanes) is 4. The molecule has 3 aromatic carbocycles. The quantitative estimate of drug-likeness (QED) is 0.0187. The van der Waals surface area contributed by atoms with Gasteiger partial charge in [0, 0.05) is 69.7 Å². The number of fused-ring (bicyclic) bond motifs is 1. The summed E-state index contributed by atoms with van der Waals surface area (Å²) in [6.07, 6.45) is -0.355. The van der Waals surface area contributed by atoms with Crippen LogP contribution < -0.4 is 31.3 Å². The van der Waals surface area contributed by atoms with Gasteiger partial charge in [-0.05, 0) is 119 Å². The molecule has 6 N–H and O–H groups in total. The standard InChI is InChI=1S/C75H108N8O16/c1-14-48(8)64-60(84)44-63(87)99-68(47(6)7)66(88)49(9)69(90)78-56(41-45(2)3)73(94)83-40-24-27-57(83)74(95)82(12)59(43-51-30-36-55(97-13)37-31-51)75(96)98-50(10)65(72(93)79-64)80-71(92)58(42-46(4)5)81(11)62(86)29-21-17-22-38-76-61(85)28-20-16-23-39-77-70(91)54-34-32-53(33-35-54)67(89)52-25-18-15-19-26-52/h15,18-19,25-26,30-37,45-50,56-60,64-65,68,84H,14,16-17,20-24,27-29,38-44H2,1-13H3,(H,76,85)(H,77,91)(H,78,90)(H,79,93)(H,80,92)/t48-,49-,50+,56-,57?,58+,59-,60-,64+,65-,68-/m0/s1. The molecule has 0 bridgehead atoms. The fraction of sp³-hybridized carbons (Fsp3) is 0.600. The summed E-state index contributed by atoms with van der Waals surface area (Å²) >= 11 is 0. The topological polar surface area (TPSA) is 323 Å². The Labute approximate surface area is 583 Å². The first-order valence-electron chi connectivity index (χ1n) is 35.2. The second kappa shape index (κ2) is 39.9. The van der Waals surface area contributed by atoms with Crippen molar-refractivity contribution in [2.24, 2.45) is 29.6 Å². The Kier molecular flexibility index (Phi) is 32.7. The number of likely N-dealkylation sites (N-methyl/N-ethyl adjacent to an activating group) is 2. The summed E-state index contributed by atoms with van der Waals surface area (Å²) in [5, 5.41) is 26.1. The van der Waals surface area contributed by atoms with Gasteiger partial charge < -0.3 is 60.6 Å². The molecule has 2 aliphatic rings. The van der Waals surface area contributed by atoms with E-state index in [2.05, 4.69) is 26.6 Å². The van der Waals surface area contributed by atoms with E-state index in [0.29, 0.717) is 98.9 Å². The van der Waals surface area contributed by atoms with Crippen LogP contribution in [-0.2, 0) is 63.8 Å². The molecule has 3 aromatic rings. The van der Waals surface area contributed by atoms with Crippen LogP contribution in [-0.4, -0.2) is 186 Å². The van der Waals surface area contributed by atoms with Gasteiger partial charge in [0.15, 0.2) is 17.7 Å². The number of rotatable bonds is 28. The lowest BCUT2D eigenvalue weighted by atomic mass is 9.91. The number of aliphatic hydroxyl groups is 1. The van der Waals surface area contributed by atoms with Crippen LogP contribution in [0.25, 0.3) is 0 Å². The summed E-state index contributed by atoms with van der Waals surface area (Å²) in [6.45, 7) is 17.8. The van der Waals surface area contributed by atoms with Crippen LogP contribution in [0.4, 0.5) is 0 Å². The molecule has 24 nitrogen and oxygen atoms in total. The van der Waals surface area contributed by atoms with E-state index in [4.69, 9.17) is 14.2 Å². The number of aliphatic hydroxyl groups excluding tert-OH is 1. The van der Waals surface area contributed by atoms with Gasteiger partial charge in [0.25, 0.3) is 5.91 Å². The van der Waals surface area contributed by atoms with Crippen LogP contribution in [0, 0.1) is 29.6 Å². The Hall–Kier alpha value is -8.54. The second-order valence-electron chi connectivity index (χ2n) is 27.6. The van der Waals surface area contributed by atoms with Crippen molar-refractivity contribution in [1.29, 1.82) is 0 Å². The Morgan fingerprint density at radius 3 is 1.95 bits per heavy atom. The molecule has 1 unspecified atom stereocenters. The number of hydrogen-bond acceptors (Lipinski definition) is 16. The van der Waals surface area contributed by atoms with Crippen molar-refractivity contribution >= 4 is 70.8 Å². The molecule has 0 saturated carbocycles. The first-order valence-corrected chi connectivity index (χ1v) is 35.2. The zero-order valence-corrected chi connectivity index (χ0v) is 60.2. The highest BCUT2D eigenvalue weighted by Gasteiger charge is 2.45. The van der Waals surface area contributed by atoms with Crippen molar-refractivity contribution in [1.82, 2.24) is 41.3 Å². The number of amides is 8. The average molecular weight is 1380 g/mol. The van der Waals surface area contributed by atoms with Crippen molar-refractivity contribution in [3.63, 3.8) is 0 Å². The molecular weight excluding hydrogens is 1270 g/mol. The number of esters is 2. The van der Waals surface area contributed by atoms with Gasteiger partial charge in [-0.15, -0.1) is 0 Å². The number of methoxy groups -OCH3 is 1. The summed E-state index contributed by atoms with van der Waals surface area (Å²) in [5.41, 5.74) is 2.06. The van der Waals surface area contributed by atoms with Gasteiger partial charge in [-0.3, -0.25) is 52.7 Å². The number of carbonyl (C=O) groups excluding carboxylic acids is 12. The fourth-order valence-corrected chi connectivity index (χ4v) is 12.3. The predicted octanol–water partition coefficient (Wildman–Crippen LogP) is 6.84. The van der Waals surface area contributed by atoms with E-state index < -0.39 is 126 Å². The molecule has 99 heavy (non-hydrogen) atoms.